The number of rotatable bonds is 1. The van der Waals surface area contributed by atoms with E-state index in [0.717, 1.165) is 10.0 Å². The number of halogens is 1. The lowest BCUT2D eigenvalue weighted by Crippen LogP contribution is -2.11. The van der Waals surface area contributed by atoms with E-state index in [0.29, 0.717) is 11.8 Å². The summed E-state index contributed by atoms with van der Waals surface area (Å²) in [5.41, 5.74) is 2.00. The number of aryl methyl sites for hydroxylation is 1. The molecule has 0 amide bonds. The lowest BCUT2D eigenvalue weighted by molar-refractivity contribution is 0.399. The van der Waals surface area contributed by atoms with Gasteiger partial charge in [0.15, 0.2) is 0 Å². The third kappa shape index (κ3) is 2.57. The second-order valence-corrected chi connectivity index (χ2v) is 6.00. The Bertz CT molecular complexity index is 541. The molecule has 17 heavy (non-hydrogen) atoms. The van der Waals surface area contributed by atoms with E-state index in [4.69, 9.17) is 4.42 Å². The Labute approximate surface area is 109 Å². The SMILES string of the molecule is Cc1ccc(-c2nnc(C(C)(C)C)o2)c(Br)c1. The second-order valence-electron chi connectivity index (χ2n) is 5.15. The third-order valence-electron chi connectivity index (χ3n) is 2.42. The van der Waals surface area contributed by atoms with E-state index in [9.17, 15) is 0 Å². The van der Waals surface area contributed by atoms with E-state index < -0.39 is 0 Å². The van der Waals surface area contributed by atoms with Crippen LogP contribution in [-0.2, 0) is 5.41 Å². The van der Waals surface area contributed by atoms with E-state index in [2.05, 4.69) is 46.9 Å². The first kappa shape index (κ1) is 12.3. The predicted molar refractivity (Wildman–Crippen MR) is 70.9 cm³/mol. The van der Waals surface area contributed by atoms with Crippen LogP contribution in [-0.4, -0.2) is 10.2 Å². The quantitative estimate of drug-likeness (QED) is 0.795. The monoisotopic (exact) mass is 294 g/mol. The van der Waals surface area contributed by atoms with Crippen LogP contribution in [0.4, 0.5) is 0 Å². The Balaban J connectivity index is 2.44. The average molecular weight is 295 g/mol. The van der Waals surface area contributed by atoms with Crippen molar-refractivity contribution in [3.05, 3.63) is 34.1 Å². The molecular weight excluding hydrogens is 280 g/mol. The molecule has 0 fully saturated rings. The van der Waals surface area contributed by atoms with Crippen LogP contribution in [0.2, 0.25) is 0 Å². The summed E-state index contributed by atoms with van der Waals surface area (Å²) in [6.45, 7) is 8.19. The number of hydrogen-bond acceptors (Lipinski definition) is 3. The van der Waals surface area contributed by atoms with Gasteiger partial charge in [0.25, 0.3) is 0 Å². The van der Waals surface area contributed by atoms with E-state index in [1.54, 1.807) is 0 Å². The van der Waals surface area contributed by atoms with Gasteiger partial charge in [0, 0.05) is 9.89 Å². The molecule has 0 bridgehead atoms. The lowest BCUT2D eigenvalue weighted by Gasteiger charge is -2.11. The largest absolute Gasteiger partial charge is 0.420 e. The zero-order valence-corrected chi connectivity index (χ0v) is 12.0. The summed E-state index contributed by atoms with van der Waals surface area (Å²) in [5.74, 6) is 1.21. The molecule has 0 aliphatic heterocycles. The van der Waals surface area contributed by atoms with Gasteiger partial charge in [-0.1, -0.05) is 26.8 Å². The van der Waals surface area contributed by atoms with Crippen LogP contribution in [0.15, 0.2) is 27.1 Å². The van der Waals surface area contributed by atoms with Gasteiger partial charge >= 0.3 is 0 Å². The standard InChI is InChI=1S/C13H15BrN2O/c1-8-5-6-9(10(14)7-8)11-15-16-12(17-11)13(2,3)4/h5-7H,1-4H3. The molecule has 1 aromatic heterocycles. The minimum absolute atomic E-state index is 0.123. The van der Waals surface area contributed by atoms with Gasteiger partial charge < -0.3 is 4.42 Å². The summed E-state index contributed by atoms with van der Waals surface area (Å²) >= 11 is 3.52. The normalized spacial score (nSPS) is 11.8. The molecule has 0 atom stereocenters. The fraction of sp³-hybridized carbons (Fsp3) is 0.385. The summed E-state index contributed by atoms with van der Waals surface area (Å²) < 4.78 is 6.68. The Morgan fingerprint density at radius 3 is 2.41 bits per heavy atom. The van der Waals surface area contributed by atoms with Crippen LogP contribution in [0.3, 0.4) is 0 Å². The van der Waals surface area contributed by atoms with Crippen molar-refractivity contribution < 1.29 is 4.42 Å². The molecule has 4 heteroatoms. The molecule has 0 radical (unpaired) electrons. The number of benzene rings is 1. The molecular formula is C13H15BrN2O. The fourth-order valence-corrected chi connectivity index (χ4v) is 2.09. The summed E-state index contributed by atoms with van der Waals surface area (Å²) in [6, 6.07) is 6.05. The summed E-state index contributed by atoms with van der Waals surface area (Å²) in [7, 11) is 0. The zero-order valence-electron chi connectivity index (χ0n) is 10.4. The molecule has 0 saturated heterocycles. The van der Waals surface area contributed by atoms with Crippen LogP contribution < -0.4 is 0 Å². The van der Waals surface area contributed by atoms with Crippen molar-refractivity contribution in [1.29, 1.82) is 0 Å². The summed E-state index contributed by atoms with van der Waals surface area (Å²) in [6.07, 6.45) is 0. The zero-order chi connectivity index (χ0) is 12.6. The van der Waals surface area contributed by atoms with Crippen molar-refractivity contribution >= 4 is 15.9 Å². The minimum atomic E-state index is -0.123. The topological polar surface area (TPSA) is 38.9 Å². The number of nitrogens with zero attached hydrogens (tertiary/aromatic N) is 2. The van der Waals surface area contributed by atoms with E-state index in [1.807, 2.05) is 25.1 Å². The first-order valence-corrected chi connectivity index (χ1v) is 6.28. The van der Waals surface area contributed by atoms with Crippen LogP contribution in [0, 0.1) is 6.92 Å². The molecule has 1 heterocycles. The van der Waals surface area contributed by atoms with Gasteiger partial charge in [-0.15, -0.1) is 10.2 Å². The highest BCUT2D eigenvalue weighted by atomic mass is 79.9. The Kier molecular flexibility index (Phi) is 3.08. The van der Waals surface area contributed by atoms with Gasteiger partial charge in [0.2, 0.25) is 11.8 Å². The highest BCUT2D eigenvalue weighted by Gasteiger charge is 2.22. The second kappa shape index (κ2) is 4.26. The highest BCUT2D eigenvalue weighted by molar-refractivity contribution is 9.10. The van der Waals surface area contributed by atoms with Crippen LogP contribution in [0.1, 0.15) is 32.2 Å². The maximum absolute atomic E-state index is 5.70. The van der Waals surface area contributed by atoms with Gasteiger partial charge in [-0.05, 0) is 40.5 Å². The van der Waals surface area contributed by atoms with Crippen molar-refractivity contribution in [2.75, 3.05) is 0 Å². The maximum atomic E-state index is 5.70. The Hall–Kier alpha value is -1.16. The molecule has 2 aromatic rings. The van der Waals surface area contributed by atoms with Crippen molar-refractivity contribution in [3.8, 4) is 11.5 Å². The lowest BCUT2D eigenvalue weighted by atomic mass is 9.97. The van der Waals surface area contributed by atoms with Crippen molar-refractivity contribution in [2.24, 2.45) is 0 Å². The number of aromatic nitrogens is 2. The molecule has 1 aromatic carbocycles. The smallest absolute Gasteiger partial charge is 0.248 e. The van der Waals surface area contributed by atoms with E-state index in [1.165, 1.54) is 5.56 Å². The molecule has 0 spiro atoms. The van der Waals surface area contributed by atoms with Crippen molar-refractivity contribution in [1.82, 2.24) is 10.2 Å². The molecule has 0 N–H and O–H groups in total. The highest BCUT2D eigenvalue weighted by Crippen LogP contribution is 2.30. The minimum Gasteiger partial charge on any atom is -0.420 e. The fourth-order valence-electron chi connectivity index (χ4n) is 1.43. The Morgan fingerprint density at radius 2 is 1.88 bits per heavy atom. The van der Waals surface area contributed by atoms with Gasteiger partial charge in [-0.3, -0.25) is 0 Å². The maximum Gasteiger partial charge on any atom is 0.248 e. The van der Waals surface area contributed by atoms with Crippen LogP contribution in [0.25, 0.3) is 11.5 Å². The Morgan fingerprint density at radius 1 is 1.18 bits per heavy atom. The van der Waals surface area contributed by atoms with Crippen LogP contribution >= 0.6 is 15.9 Å². The van der Waals surface area contributed by atoms with E-state index >= 15 is 0 Å². The van der Waals surface area contributed by atoms with Gasteiger partial charge in [0.05, 0.1) is 5.56 Å². The average Bonchev–Trinajstić information content (AvgIpc) is 2.65. The van der Waals surface area contributed by atoms with Gasteiger partial charge in [-0.2, -0.15) is 0 Å². The number of hydrogen-bond donors (Lipinski definition) is 0. The van der Waals surface area contributed by atoms with Gasteiger partial charge in [0.1, 0.15) is 0 Å². The van der Waals surface area contributed by atoms with E-state index in [-0.39, 0.29) is 5.41 Å². The first-order valence-electron chi connectivity index (χ1n) is 5.48. The summed E-state index contributed by atoms with van der Waals surface area (Å²) in [4.78, 5) is 0. The van der Waals surface area contributed by atoms with Gasteiger partial charge in [-0.25, -0.2) is 0 Å². The van der Waals surface area contributed by atoms with Crippen molar-refractivity contribution in [2.45, 2.75) is 33.1 Å². The molecule has 90 valence electrons. The van der Waals surface area contributed by atoms with Crippen LogP contribution in [0.5, 0.6) is 0 Å². The molecule has 0 saturated carbocycles. The molecule has 2 rings (SSSR count). The predicted octanol–water partition coefficient (Wildman–Crippen LogP) is 4.11. The first-order chi connectivity index (χ1) is 7.88. The molecule has 3 nitrogen and oxygen atoms in total. The molecule has 0 aliphatic rings. The third-order valence-corrected chi connectivity index (χ3v) is 3.08. The molecule has 0 aliphatic carbocycles. The molecule has 0 unspecified atom stereocenters. The summed E-state index contributed by atoms with van der Waals surface area (Å²) in [5, 5.41) is 8.19. The van der Waals surface area contributed by atoms with Crippen molar-refractivity contribution in [3.63, 3.8) is 0 Å².